The summed E-state index contributed by atoms with van der Waals surface area (Å²) >= 11 is 1.83. The zero-order chi connectivity index (χ0) is 21.6. The Morgan fingerprint density at radius 2 is 1.83 bits per heavy atom. The van der Waals surface area contributed by atoms with Crippen molar-refractivity contribution >= 4 is 39.1 Å². The van der Waals surface area contributed by atoms with Crippen LogP contribution in [0.25, 0.3) is 0 Å². The molecule has 0 radical (unpaired) electrons. The van der Waals surface area contributed by atoms with Crippen molar-refractivity contribution in [1.82, 2.24) is 0 Å². The number of methoxy groups -OCH3 is 1. The smallest absolute Gasteiger partial charge is 0.337 e. The molecular weight excluding hydrogens is 428 g/mol. The second-order valence-corrected chi connectivity index (χ2v) is 9.46. The van der Waals surface area contributed by atoms with Gasteiger partial charge in [-0.2, -0.15) is 11.8 Å². The lowest BCUT2D eigenvalue weighted by atomic mass is 10.1. The number of carboxylic acid groups (broad SMARTS) is 1. The third-order valence-corrected chi connectivity index (χ3v) is 6.86. The van der Waals surface area contributed by atoms with E-state index in [-0.39, 0.29) is 16.1 Å². The van der Waals surface area contributed by atoms with E-state index in [9.17, 15) is 18.3 Å². The molecule has 0 amide bonds. The molecule has 10 heteroatoms. The molecule has 0 aromatic heterocycles. The molecule has 1 aliphatic heterocycles. The summed E-state index contributed by atoms with van der Waals surface area (Å²) in [7, 11) is -2.31. The minimum absolute atomic E-state index is 0.0515. The maximum atomic E-state index is 12.7. The molecular formula is C20H24N2O6S2. The van der Waals surface area contributed by atoms with Crippen molar-refractivity contribution in [2.24, 2.45) is 0 Å². The standard InChI is InChI=1S/C20H24N2O6S2/c1-27-10-11-28-16-3-5-17(6-4-16)30(25,26)21-15-2-7-19(18(14-15)20(23)24)22-8-12-29-13-9-22/h2-7,14,21H,8-13H2,1H3,(H,23,24). The SMILES string of the molecule is COCCOc1ccc(S(=O)(=O)Nc2ccc(N3CCSCC3)c(C(=O)O)c2)cc1. The fourth-order valence-corrected chi connectivity index (χ4v) is 4.98. The number of nitrogens with one attached hydrogen (secondary N) is 1. The highest BCUT2D eigenvalue weighted by molar-refractivity contribution is 7.99. The predicted molar refractivity (Wildman–Crippen MR) is 118 cm³/mol. The van der Waals surface area contributed by atoms with Gasteiger partial charge in [0.1, 0.15) is 12.4 Å². The molecule has 0 unspecified atom stereocenters. The monoisotopic (exact) mass is 452 g/mol. The van der Waals surface area contributed by atoms with Gasteiger partial charge in [0.15, 0.2) is 0 Å². The number of ether oxygens (including phenoxy) is 2. The van der Waals surface area contributed by atoms with Crippen molar-refractivity contribution in [3.8, 4) is 5.75 Å². The van der Waals surface area contributed by atoms with E-state index in [4.69, 9.17) is 9.47 Å². The number of carboxylic acids is 1. The lowest BCUT2D eigenvalue weighted by molar-refractivity contribution is 0.0697. The van der Waals surface area contributed by atoms with Gasteiger partial charge in [-0.25, -0.2) is 13.2 Å². The number of benzene rings is 2. The summed E-state index contributed by atoms with van der Waals surface area (Å²) in [5.74, 6) is 1.29. The first-order valence-corrected chi connectivity index (χ1v) is 12.0. The normalized spacial score (nSPS) is 14.4. The summed E-state index contributed by atoms with van der Waals surface area (Å²) in [5, 5.41) is 9.62. The van der Waals surface area contributed by atoms with Gasteiger partial charge in [0.05, 0.1) is 22.8 Å². The second kappa shape index (κ2) is 10.1. The minimum atomic E-state index is -3.88. The summed E-state index contributed by atoms with van der Waals surface area (Å²) in [6.45, 7) is 2.31. The number of carbonyl (C=O) groups is 1. The molecule has 1 heterocycles. The van der Waals surface area contributed by atoms with Gasteiger partial charge in [-0.05, 0) is 42.5 Å². The zero-order valence-electron chi connectivity index (χ0n) is 16.5. The molecule has 0 bridgehead atoms. The molecule has 1 aliphatic rings. The highest BCUT2D eigenvalue weighted by Gasteiger charge is 2.21. The van der Waals surface area contributed by atoms with Crippen molar-refractivity contribution in [2.75, 3.05) is 54.5 Å². The van der Waals surface area contributed by atoms with Crippen LogP contribution in [-0.4, -0.2) is 64.4 Å². The quantitative estimate of drug-likeness (QED) is 0.560. The first-order chi connectivity index (χ1) is 14.4. The molecule has 3 rings (SSSR count). The summed E-state index contributed by atoms with van der Waals surface area (Å²) in [5.41, 5.74) is 0.871. The molecule has 8 nitrogen and oxygen atoms in total. The molecule has 2 aromatic rings. The van der Waals surface area contributed by atoms with Crippen LogP contribution in [-0.2, 0) is 14.8 Å². The Morgan fingerprint density at radius 3 is 2.47 bits per heavy atom. The van der Waals surface area contributed by atoms with E-state index in [1.807, 2.05) is 16.7 Å². The number of nitrogens with zero attached hydrogens (tertiary/aromatic N) is 1. The molecule has 0 aliphatic carbocycles. The lowest BCUT2D eigenvalue weighted by Gasteiger charge is -2.29. The van der Waals surface area contributed by atoms with Crippen LogP contribution in [0, 0.1) is 0 Å². The number of hydrogen-bond donors (Lipinski definition) is 2. The maximum Gasteiger partial charge on any atom is 0.337 e. The van der Waals surface area contributed by atoms with E-state index < -0.39 is 16.0 Å². The van der Waals surface area contributed by atoms with Crippen molar-refractivity contribution in [3.05, 3.63) is 48.0 Å². The third kappa shape index (κ3) is 5.59. The first kappa shape index (κ1) is 22.3. The van der Waals surface area contributed by atoms with Crippen molar-refractivity contribution < 1.29 is 27.8 Å². The van der Waals surface area contributed by atoms with Crippen molar-refractivity contribution in [2.45, 2.75) is 4.90 Å². The third-order valence-electron chi connectivity index (χ3n) is 4.52. The molecule has 2 N–H and O–H groups in total. The molecule has 0 atom stereocenters. The van der Waals surface area contributed by atoms with E-state index in [0.717, 1.165) is 24.6 Å². The van der Waals surface area contributed by atoms with Crippen LogP contribution in [0.5, 0.6) is 5.75 Å². The Kier molecular flexibility index (Phi) is 7.46. The summed E-state index contributed by atoms with van der Waals surface area (Å²) < 4.78 is 38.2. The van der Waals surface area contributed by atoms with Crippen LogP contribution in [0.1, 0.15) is 10.4 Å². The predicted octanol–water partition coefficient (Wildman–Crippen LogP) is 2.76. The van der Waals surface area contributed by atoms with Crippen molar-refractivity contribution in [3.63, 3.8) is 0 Å². The van der Waals surface area contributed by atoms with Gasteiger partial charge in [-0.15, -0.1) is 0 Å². The van der Waals surface area contributed by atoms with E-state index in [1.165, 1.54) is 18.2 Å². The van der Waals surface area contributed by atoms with E-state index in [2.05, 4.69) is 4.72 Å². The Bertz CT molecular complexity index is 973. The number of thioether (sulfide) groups is 1. The van der Waals surface area contributed by atoms with Crippen LogP contribution in [0.15, 0.2) is 47.4 Å². The summed E-state index contributed by atoms with van der Waals surface area (Å²) in [4.78, 5) is 13.8. The van der Waals surface area contributed by atoms with Gasteiger partial charge >= 0.3 is 5.97 Å². The lowest BCUT2D eigenvalue weighted by Crippen LogP contribution is -2.33. The Hall–Kier alpha value is -2.43. The fourth-order valence-electron chi connectivity index (χ4n) is 3.02. The average molecular weight is 453 g/mol. The Labute approximate surface area is 180 Å². The van der Waals surface area contributed by atoms with Crippen molar-refractivity contribution in [1.29, 1.82) is 0 Å². The zero-order valence-corrected chi connectivity index (χ0v) is 18.2. The first-order valence-electron chi connectivity index (χ1n) is 9.35. The molecule has 0 spiro atoms. The number of sulfonamides is 1. The van der Waals surface area contributed by atoms with Gasteiger partial charge in [-0.3, -0.25) is 4.72 Å². The van der Waals surface area contributed by atoms with Gasteiger partial charge < -0.3 is 19.5 Å². The van der Waals surface area contributed by atoms with E-state index in [0.29, 0.717) is 24.7 Å². The van der Waals surface area contributed by atoms with E-state index >= 15 is 0 Å². The largest absolute Gasteiger partial charge is 0.491 e. The van der Waals surface area contributed by atoms with Gasteiger partial charge in [-0.1, -0.05) is 0 Å². The highest BCUT2D eigenvalue weighted by atomic mass is 32.2. The fraction of sp³-hybridized carbons (Fsp3) is 0.350. The molecule has 162 valence electrons. The molecule has 1 fully saturated rings. The van der Waals surface area contributed by atoms with Crippen LogP contribution >= 0.6 is 11.8 Å². The van der Waals surface area contributed by atoms with Crippen LogP contribution in [0.3, 0.4) is 0 Å². The molecule has 1 saturated heterocycles. The highest BCUT2D eigenvalue weighted by Crippen LogP contribution is 2.28. The second-order valence-electron chi connectivity index (χ2n) is 6.55. The van der Waals surface area contributed by atoms with Gasteiger partial charge in [0, 0.05) is 37.4 Å². The average Bonchev–Trinajstić information content (AvgIpc) is 2.74. The minimum Gasteiger partial charge on any atom is -0.491 e. The van der Waals surface area contributed by atoms with Crippen LogP contribution in [0.4, 0.5) is 11.4 Å². The number of hydrogen-bond acceptors (Lipinski definition) is 7. The van der Waals surface area contributed by atoms with E-state index in [1.54, 1.807) is 31.4 Å². The van der Waals surface area contributed by atoms with Crippen LogP contribution < -0.4 is 14.4 Å². The molecule has 2 aromatic carbocycles. The topological polar surface area (TPSA) is 105 Å². The number of aromatic carboxylic acids is 1. The maximum absolute atomic E-state index is 12.7. The summed E-state index contributed by atoms with van der Waals surface area (Å²) in [6.07, 6.45) is 0. The molecule has 30 heavy (non-hydrogen) atoms. The number of rotatable bonds is 9. The van der Waals surface area contributed by atoms with Gasteiger partial charge in [0.25, 0.3) is 10.0 Å². The molecule has 0 saturated carbocycles. The Balaban J connectivity index is 1.77. The Morgan fingerprint density at radius 1 is 1.13 bits per heavy atom. The van der Waals surface area contributed by atoms with Crippen LogP contribution in [0.2, 0.25) is 0 Å². The van der Waals surface area contributed by atoms with Gasteiger partial charge in [0.2, 0.25) is 0 Å². The number of anilines is 2. The summed E-state index contributed by atoms with van der Waals surface area (Å²) in [6, 6.07) is 10.6.